The molecule has 42 heavy (non-hydrogen) atoms. The van der Waals surface area contributed by atoms with E-state index < -0.39 is 23.6 Å². The molecule has 0 unspecified atom stereocenters. The van der Waals surface area contributed by atoms with Crippen LogP contribution in [-0.2, 0) is 27.4 Å². The van der Waals surface area contributed by atoms with Gasteiger partial charge in [-0.25, -0.2) is 14.0 Å². The van der Waals surface area contributed by atoms with E-state index in [4.69, 9.17) is 9.47 Å². The number of carbonyl (C=O) groups is 2. The topological polar surface area (TPSA) is 123 Å². The zero-order valence-electron chi connectivity index (χ0n) is 24.9. The van der Waals surface area contributed by atoms with Gasteiger partial charge in [-0.05, 0) is 56.9 Å². The first-order chi connectivity index (χ1) is 20.0. The van der Waals surface area contributed by atoms with Crippen molar-refractivity contribution < 1.29 is 23.5 Å². The van der Waals surface area contributed by atoms with Crippen molar-refractivity contribution in [1.82, 2.24) is 9.55 Å². The van der Waals surface area contributed by atoms with Crippen LogP contribution >= 0.6 is 0 Å². The van der Waals surface area contributed by atoms with Crippen molar-refractivity contribution in [2.45, 2.75) is 79.2 Å². The molecule has 0 radical (unpaired) electrons. The fourth-order valence-corrected chi connectivity index (χ4v) is 4.69. The number of halogens is 1. The van der Waals surface area contributed by atoms with Crippen LogP contribution in [-0.4, -0.2) is 40.3 Å². The molecule has 2 N–H and O–H groups in total. The summed E-state index contributed by atoms with van der Waals surface area (Å²) in [7, 11) is 0. The second-order valence-corrected chi connectivity index (χ2v) is 10.4. The number of nitrogens with zero attached hydrogens (tertiary/aromatic N) is 2. The van der Waals surface area contributed by atoms with Crippen molar-refractivity contribution in [3.63, 3.8) is 0 Å². The lowest BCUT2D eigenvalue weighted by molar-refractivity contribution is -0.117. The standard InChI is InChI=1S/C17H22N2O3.C14H17FN2O3/c1-4-22-11-19-14(10-13-8-6-5-7-9-13)15(12(2)3)16(20)18-17(19)21;1-4-11-13(18)16-10-6-5-9(15)7-12(10)17(11)14(19)20-8(2)3/h5-9,12H,4,10-11H2,1-3H3,(H,18,20,21);5-8,11H,4H2,1-3H3,(H,16,18)/t;11-/m.0/s1. The zero-order chi connectivity index (χ0) is 31.0. The predicted molar refractivity (Wildman–Crippen MR) is 159 cm³/mol. The summed E-state index contributed by atoms with van der Waals surface area (Å²) in [5, 5.41) is 2.67. The second kappa shape index (κ2) is 14.6. The van der Waals surface area contributed by atoms with Crippen molar-refractivity contribution in [3.05, 3.63) is 92.0 Å². The third kappa shape index (κ3) is 7.73. The first-order valence-corrected chi connectivity index (χ1v) is 14.1. The van der Waals surface area contributed by atoms with Gasteiger partial charge in [-0.1, -0.05) is 51.1 Å². The SMILES string of the molecule is CCOCn1c(Cc2ccccc2)c(C(C)C)c(=O)[nH]c1=O.CC[C@H]1C(=O)Nc2ccc(F)cc2N1C(=O)OC(C)C. The Bertz CT molecular complexity index is 1500. The van der Waals surface area contributed by atoms with Gasteiger partial charge in [0.2, 0.25) is 5.91 Å². The zero-order valence-corrected chi connectivity index (χ0v) is 24.9. The molecule has 0 aliphatic carbocycles. The molecule has 2 amide bonds. The van der Waals surface area contributed by atoms with E-state index in [0.29, 0.717) is 36.4 Å². The van der Waals surface area contributed by atoms with Crippen LogP contribution in [0.2, 0.25) is 0 Å². The quantitative estimate of drug-likeness (QED) is 0.379. The molecule has 11 heteroatoms. The first-order valence-electron chi connectivity index (χ1n) is 14.1. The molecule has 10 nitrogen and oxygen atoms in total. The van der Waals surface area contributed by atoms with Crippen LogP contribution < -0.4 is 21.5 Å². The minimum atomic E-state index is -0.699. The number of nitrogens with one attached hydrogen (secondary N) is 2. The highest BCUT2D eigenvalue weighted by molar-refractivity contribution is 6.10. The summed E-state index contributed by atoms with van der Waals surface area (Å²) in [4.78, 5) is 52.2. The Hall–Kier alpha value is -4.25. The molecule has 226 valence electrons. The van der Waals surface area contributed by atoms with Crippen molar-refractivity contribution in [3.8, 4) is 0 Å². The lowest BCUT2D eigenvalue weighted by Gasteiger charge is -2.35. The third-order valence-electron chi connectivity index (χ3n) is 6.57. The molecule has 0 bridgehead atoms. The largest absolute Gasteiger partial charge is 0.446 e. The number of rotatable bonds is 8. The number of benzene rings is 2. The maximum atomic E-state index is 13.4. The smallest absolute Gasteiger partial charge is 0.415 e. The van der Waals surface area contributed by atoms with E-state index in [1.165, 1.54) is 27.7 Å². The van der Waals surface area contributed by atoms with Gasteiger partial charge in [-0.15, -0.1) is 0 Å². The average Bonchev–Trinajstić information content (AvgIpc) is 2.92. The normalized spacial score (nSPS) is 14.3. The van der Waals surface area contributed by atoms with Crippen LogP contribution in [0.25, 0.3) is 0 Å². The van der Waals surface area contributed by atoms with E-state index in [0.717, 1.165) is 11.3 Å². The Morgan fingerprint density at radius 1 is 1.02 bits per heavy atom. The van der Waals surface area contributed by atoms with E-state index in [9.17, 15) is 23.6 Å². The number of aromatic nitrogens is 2. The molecule has 2 aromatic carbocycles. The molecule has 1 aliphatic heterocycles. The predicted octanol–water partition coefficient (Wildman–Crippen LogP) is 5.15. The van der Waals surface area contributed by atoms with Crippen LogP contribution in [0.1, 0.15) is 70.7 Å². The molecule has 0 saturated heterocycles. The van der Waals surface area contributed by atoms with Gasteiger partial charge in [-0.3, -0.25) is 24.0 Å². The van der Waals surface area contributed by atoms with Crippen LogP contribution in [0.15, 0.2) is 58.1 Å². The highest BCUT2D eigenvalue weighted by Crippen LogP contribution is 2.34. The van der Waals surface area contributed by atoms with E-state index in [1.54, 1.807) is 20.8 Å². The van der Waals surface area contributed by atoms with E-state index in [2.05, 4.69) is 10.3 Å². The molecular formula is C31H39FN4O6. The first kappa shape index (κ1) is 32.3. The van der Waals surface area contributed by atoms with Crippen LogP contribution in [0.4, 0.5) is 20.6 Å². The maximum absolute atomic E-state index is 13.4. The fourth-order valence-electron chi connectivity index (χ4n) is 4.69. The summed E-state index contributed by atoms with van der Waals surface area (Å²) in [6, 6.07) is 13.0. The number of ether oxygens (including phenoxy) is 2. The summed E-state index contributed by atoms with van der Waals surface area (Å²) in [6.07, 6.45) is -0.0224. The van der Waals surface area contributed by atoms with Gasteiger partial charge in [-0.2, -0.15) is 0 Å². The van der Waals surface area contributed by atoms with Crippen LogP contribution in [0.5, 0.6) is 0 Å². The summed E-state index contributed by atoms with van der Waals surface area (Å²) >= 11 is 0. The molecule has 1 aromatic heterocycles. The summed E-state index contributed by atoms with van der Waals surface area (Å²) in [5.41, 5.74) is 2.42. The maximum Gasteiger partial charge on any atom is 0.415 e. The Kier molecular flexibility index (Phi) is 11.2. The van der Waals surface area contributed by atoms with Crippen molar-refractivity contribution in [1.29, 1.82) is 0 Å². The Morgan fingerprint density at radius 3 is 2.31 bits per heavy atom. The monoisotopic (exact) mass is 582 g/mol. The Balaban J connectivity index is 0.000000231. The van der Waals surface area contributed by atoms with Crippen LogP contribution in [0, 0.1) is 5.82 Å². The number of carbonyl (C=O) groups excluding carboxylic acids is 2. The van der Waals surface area contributed by atoms with Gasteiger partial charge in [0, 0.05) is 24.3 Å². The Morgan fingerprint density at radius 2 is 1.71 bits per heavy atom. The molecular weight excluding hydrogens is 543 g/mol. The highest BCUT2D eigenvalue weighted by atomic mass is 19.1. The summed E-state index contributed by atoms with van der Waals surface area (Å²) in [5.74, 6) is -0.750. The van der Waals surface area contributed by atoms with Crippen LogP contribution in [0.3, 0.4) is 0 Å². The molecule has 1 atom stereocenters. The molecule has 0 spiro atoms. The molecule has 2 heterocycles. The van der Waals surface area contributed by atoms with E-state index in [-0.39, 0.29) is 30.2 Å². The lowest BCUT2D eigenvalue weighted by Crippen LogP contribution is -2.51. The van der Waals surface area contributed by atoms with Gasteiger partial charge < -0.3 is 14.8 Å². The minimum absolute atomic E-state index is 0.0240. The number of anilines is 2. The molecule has 4 rings (SSSR count). The average molecular weight is 583 g/mol. The minimum Gasteiger partial charge on any atom is -0.446 e. The number of H-pyrrole nitrogens is 1. The van der Waals surface area contributed by atoms with Gasteiger partial charge >= 0.3 is 11.8 Å². The number of hydrogen-bond acceptors (Lipinski definition) is 6. The van der Waals surface area contributed by atoms with E-state index in [1.807, 2.05) is 51.1 Å². The number of aromatic amines is 1. The van der Waals surface area contributed by atoms with Crippen molar-refractivity contribution in [2.75, 3.05) is 16.8 Å². The van der Waals surface area contributed by atoms with Crippen molar-refractivity contribution >= 4 is 23.4 Å². The van der Waals surface area contributed by atoms with Gasteiger partial charge in [0.15, 0.2) is 0 Å². The molecule has 3 aromatic rings. The Labute approximate surface area is 244 Å². The van der Waals surface area contributed by atoms with Gasteiger partial charge in [0.05, 0.1) is 17.5 Å². The number of fused-ring (bicyclic) bond motifs is 1. The van der Waals surface area contributed by atoms with Gasteiger partial charge in [0.25, 0.3) is 5.56 Å². The number of hydrogen-bond donors (Lipinski definition) is 2. The molecule has 0 saturated carbocycles. The fraction of sp³-hybridized carbons (Fsp3) is 0.419. The lowest BCUT2D eigenvalue weighted by atomic mass is 9.98. The van der Waals surface area contributed by atoms with Crippen molar-refractivity contribution in [2.24, 2.45) is 0 Å². The van der Waals surface area contributed by atoms with Gasteiger partial charge in [0.1, 0.15) is 18.6 Å². The molecule has 0 fully saturated rings. The highest BCUT2D eigenvalue weighted by Gasteiger charge is 2.37. The summed E-state index contributed by atoms with van der Waals surface area (Å²) in [6.45, 7) is 11.6. The molecule has 1 aliphatic rings. The second-order valence-electron chi connectivity index (χ2n) is 10.4. The summed E-state index contributed by atoms with van der Waals surface area (Å²) < 4.78 is 25.5. The number of amides is 2. The third-order valence-corrected chi connectivity index (χ3v) is 6.57. The van der Waals surface area contributed by atoms with E-state index >= 15 is 0 Å².